The fraction of sp³-hybridized carbons (Fsp3) is 0.542. The molecular formula is C24H33N3O3. The Morgan fingerprint density at radius 1 is 1.33 bits per heavy atom. The third kappa shape index (κ3) is 3.37. The van der Waals surface area contributed by atoms with Gasteiger partial charge in [0.15, 0.2) is 0 Å². The molecule has 0 saturated carbocycles. The molecule has 1 fully saturated rings. The van der Waals surface area contributed by atoms with Gasteiger partial charge in [-0.1, -0.05) is 19.4 Å². The van der Waals surface area contributed by atoms with Gasteiger partial charge in [-0.05, 0) is 42.4 Å². The quantitative estimate of drug-likeness (QED) is 0.602. The average molecular weight is 412 g/mol. The maximum Gasteiger partial charge on any atom is 0.252 e. The second-order valence-corrected chi connectivity index (χ2v) is 8.68. The number of likely N-dealkylation sites (N-methyl/N-ethyl adjacent to an activating group) is 1. The molecule has 2 aliphatic rings. The van der Waals surface area contributed by atoms with E-state index in [1.54, 1.807) is 25.4 Å². The first-order valence-corrected chi connectivity index (χ1v) is 10.9. The molecule has 3 atom stereocenters. The number of carbonyl (C=O) groups is 1. The van der Waals surface area contributed by atoms with Crippen molar-refractivity contribution in [2.45, 2.75) is 32.2 Å². The van der Waals surface area contributed by atoms with Crippen molar-refractivity contribution in [3.8, 4) is 5.75 Å². The molecule has 6 nitrogen and oxygen atoms in total. The number of nitrogens with zero attached hydrogens (tertiary/aromatic N) is 2. The molecule has 162 valence electrons. The lowest BCUT2D eigenvalue weighted by molar-refractivity contribution is -0.126. The van der Waals surface area contributed by atoms with Crippen LogP contribution >= 0.6 is 0 Å². The van der Waals surface area contributed by atoms with Crippen LogP contribution in [0.15, 0.2) is 30.0 Å². The molecule has 0 unspecified atom stereocenters. The maximum atomic E-state index is 13.0. The number of carbonyl (C=O) groups excluding carboxylic acids is 1. The third-order valence-electron chi connectivity index (χ3n) is 6.90. The summed E-state index contributed by atoms with van der Waals surface area (Å²) in [5.41, 5.74) is 4.57. The van der Waals surface area contributed by atoms with Crippen LogP contribution < -0.4 is 4.74 Å². The van der Waals surface area contributed by atoms with Crippen molar-refractivity contribution in [3.05, 3.63) is 41.3 Å². The van der Waals surface area contributed by atoms with E-state index >= 15 is 0 Å². The van der Waals surface area contributed by atoms with Gasteiger partial charge in [-0.25, -0.2) is 0 Å². The largest absolute Gasteiger partial charge is 0.504 e. The van der Waals surface area contributed by atoms with E-state index < -0.39 is 0 Å². The number of H-pyrrole nitrogens is 1. The van der Waals surface area contributed by atoms with E-state index in [-0.39, 0.29) is 17.9 Å². The van der Waals surface area contributed by atoms with E-state index in [0.29, 0.717) is 5.92 Å². The van der Waals surface area contributed by atoms with E-state index in [9.17, 15) is 4.79 Å². The molecule has 0 aliphatic carbocycles. The predicted molar refractivity (Wildman–Crippen MR) is 119 cm³/mol. The van der Waals surface area contributed by atoms with Gasteiger partial charge >= 0.3 is 0 Å². The van der Waals surface area contributed by atoms with E-state index in [4.69, 9.17) is 9.47 Å². The molecule has 0 spiro atoms. The molecule has 30 heavy (non-hydrogen) atoms. The summed E-state index contributed by atoms with van der Waals surface area (Å²) in [5.74, 6) is 1.58. The maximum absolute atomic E-state index is 13.0. The van der Waals surface area contributed by atoms with Gasteiger partial charge in [-0.3, -0.25) is 9.69 Å². The lowest BCUT2D eigenvalue weighted by atomic mass is 9.73. The molecule has 2 aromatic rings. The van der Waals surface area contributed by atoms with Gasteiger partial charge in [-0.2, -0.15) is 0 Å². The molecule has 1 aromatic carbocycles. The van der Waals surface area contributed by atoms with E-state index in [1.807, 2.05) is 26.2 Å². The minimum absolute atomic E-state index is 0.0445. The summed E-state index contributed by atoms with van der Waals surface area (Å²) in [6.45, 7) is 4.27. The van der Waals surface area contributed by atoms with Crippen molar-refractivity contribution < 1.29 is 14.3 Å². The van der Waals surface area contributed by atoms with Crippen LogP contribution in [0.4, 0.5) is 0 Å². The molecule has 1 aromatic heterocycles. The van der Waals surface area contributed by atoms with Crippen molar-refractivity contribution in [2.24, 2.45) is 11.8 Å². The Hall–Kier alpha value is -2.47. The van der Waals surface area contributed by atoms with Crippen LogP contribution in [0.5, 0.6) is 5.75 Å². The topological polar surface area (TPSA) is 57.8 Å². The molecule has 1 saturated heterocycles. The number of fused-ring (bicyclic) bond motifs is 5. The second kappa shape index (κ2) is 8.34. The van der Waals surface area contributed by atoms with Gasteiger partial charge in [0.1, 0.15) is 5.75 Å². The van der Waals surface area contributed by atoms with Crippen LogP contribution in [-0.4, -0.2) is 62.1 Å². The molecule has 1 N–H and O–H groups in total. The van der Waals surface area contributed by atoms with Crippen LogP contribution in [0, 0.1) is 11.8 Å². The number of aromatic nitrogens is 1. The monoisotopic (exact) mass is 411 g/mol. The van der Waals surface area contributed by atoms with Gasteiger partial charge in [0.05, 0.1) is 32.1 Å². The molecular weight excluding hydrogens is 378 g/mol. The van der Waals surface area contributed by atoms with Crippen molar-refractivity contribution in [2.75, 3.05) is 41.4 Å². The highest BCUT2D eigenvalue weighted by Gasteiger charge is 2.42. The number of nitrogens with one attached hydrogen (secondary N) is 1. The Morgan fingerprint density at radius 2 is 2.13 bits per heavy atom. The summed E-state index contributed by atoms with van der Waals surface area (Å²) in [5, 5.41) is 1.21. The zero-order valence-electron chi connectivity index (χ0n) is 18.7. The lowest BCUT2D eigenvalue weighted by Gasteiger charge is -2.46. The number of hydrogen-bond donors (Lipinski definition) is 1. The Balaban J connectivity index is 1.76. The highest BCUT2D eigenvalue weighted by molar-refractivity contribution is 5.93. The van der Waals surface area contributed by atoms with Crippen molar-refractivity contribution in [1.29, 1.82) is 0 Å². The zero-order valence-corrected chi connectivity index (χ0v) is 18.7. The molecule has 2 aliphatic heterocycles. The molecule has 6 heteroatoms. The summed E-state index contributed by atoms with van der Waals surface area (Å²) in [4.78, 5) is 20.9. The van der Waals surface area contributed by atoms with Gasteiger partial charge in [0, 0.05) is 43.8 Å². The molecule has 0 bridgehead atoms. The first-order chi connectivity index (χ1) is 14.5. The standard InChI is InChI=1S/C24H33N3O3/c1-6-15-13-27-11-10-16-22-19(8-7-9-21(22)30-5)25-23(16)20(27)12-17(15)18(14-29-4)24(28)26(2)3/h7-9,14-15,17,20,25H,6,10-13H2,1-5H3/b18-14+/t15-,17+,20-/m1/s1. The van der Waals surface area contributed by atoms with Gasteiger partial charge in [0.2, 0.25) is 0 Å². The van der Waals surface area contributed by atoms with E-state index in [2.05, 4.69) is 22.9 Å². The number of hydrogen-bond acceptors (Lipinski definition) is 4. The second-order valence-electron chi connectivity index (χ2n) is 8.68. The van der Waals surface area contributed by atoms with E-state index in [0.717, 1.165) is 49.2 Å². The first kappa shape index (κ1) is 20.8. The summed E-state index contributed by atoms with van der Waals surface area (Å²) < 4.78 is 11.0. The highest BCUT2D eigenvalue weighted by atomic mass is 16.5. The highest BCUT2D eigenvalue weighted by Crippen LogP contribution is 2.47. The fourth-order valence-corrected chi connectivity index (χ4v) is 5.43. The van der Waals surface area contributed by atoms with Crippen molar-refractivity contribution >= 4 is 16.8 Å². The van der Waals surface area contributed by atoms with Gasteiger partial charge in [0.25, 0.3) is 5.91 Å². The van der Waals surface area contributed by atoms with Crippen LogP contribution in [0.3, 0.4) is 0 Å². The summed E-state index contributed by atoms with van der Waals surface area (Å²) >= 11 is 0. The zero-order chi connectivity index (χ0) is 21.4. The minimum Gasteiger partial charge on any atom is -0.504 e. The van der Waals surface area contributed by atoms with Crippen LogP contribution in [0.25, 0.3) is 10.9 Å². The number of methoxy groups -OCH3 is 2. The summed E-state index contributed by atoms with van der Waals surface area (Å²) in [7, 11) is 6.98. The summed E-state index contributed by atoms with van der Waals surface area (Å²) in [6, 6.07) is 6.47. The SMILES string of the molecule is CC[C@@H]1CN2CCc3c([nH]c4cccc(OC)c34)[C@H]2C[C@@H]1/C(=C\OC)C(=O)N(C)C. The fourth-order valence-electron chi connectivity index (χ4n) is 5.43. The molecule has 4 rings (SSSR count). The number of ether oxygens (including phenoxy) is 2. The Kier molecular flexibility index (Phi) is 5.78. The van der Waals surface area contributed by atoms with Crippen molar-refractivity contribution in [3.63, 3.8) is 0 Å². The van der Waals surface area contributed by atoms with Gasteiger partial charge in [-0.15, -0.1) is 0 Å². The Morgan fingerprint density at radius 3 is 2.80 bits per heavy atom. The number of aromatic amines is 1. The Bertz CT molecular complexity index is 962. The number of piperidine rings is 1. The number of amides is 1. The van der Waals surface area contributed by atoms with Crippen LogP contribution in [-0.2, 0) is 16.0 Å². The summed E-state index contributed by atoms with van der Waals surface area (Å²) in [6.07, 6.45) is 4.65. The van der Waals surface area contributed by atoms with E-state index in [1.165, 1.54) is 16.6 Å². The molecule has 0 radical (unpaired) electrons. The van der Waals surface area contributed by atoms with Crippen molar-refractivity contribution in [1.82, 2.24) is 14.8 Å². The number of rotatable bonds is 5. The molecule has 3 heterocycles. The normalized spacial score (nSPS) is 24.3. The van der Waals surface area contributed by atoms with Crippen LogP contribution in [0.1, 0.15) is 37.1 Å². The third-order valence-corrected chi connectivity index (χ3v) is 6.90. The average Bonchev–Trinajstić information content (AvgIpc) is 3.15. The number of benzene rings is 1. The Labute approximate surface area is 178 Å². The smallest absolute Gasteiger partial charge is 0.252 e. The molecule has 1 amide bonds. The van der Waals surface area contributed by atoms with Gasteiger partial charge < -0.3 is 19.4 Å². The lowest BCUT2D eigenvalue weighted by Crippen LogP contribution is -2.47. The van der Waals surface area contributed by atoms with Crippen LogP contribution in [0.2, 0.25) is 0 Å². The minimum atomic E-state index is 0.0445. The predicted octanol–water partition coefficient (Wildman–Crippen LogP) is 3.74. The first-order valence-electron chi connectivity index (χ1n) is 10.9.